The van der Waals surface area contributed by atoms with Gasteiger partial charge in [0.05, 0.1) is 7.11 Å². The van der Waals surface area contributed by atoms with Crippen molar-refractivity contribution in [1.29, 1.82) is 0 Å². The van der Waals surface area contributed by atoms with Gasteiger partial charge in [-0.1, -0.05) is 32.1 Å². The van der Waals surface area contributed by atoms with Crippen LogP contribution in [0.15, 0.2) is 24.3 Å². The van der Waals surface area contributed by atoms with Crippen molar-refractivity contribution >= 4 is 18.1 Å². The zero-order chi connectivity index (χ0) is 19.1. The van der Waals surface area contributed by atoms with E-state index in [0.29, 0.717) is 23.8 Å². The van der Waals surface area contributed by atoms with E-state index < -0.39 is 0 Å². The van der Waals surface area contributed by atoms with Gasteiger partial charge in [-0.25, -0.2) is 0 Å². The largest absolute Gasteiger partial charge is 0.497 e. The number of methoxy groups -OCH3 is 1. The normalized spacial score (nSPS) is 15.7. The lowest BCUT2D eigenvalue weighted by atomic mass is 9.96. The summed E-state index contributed by atoms with van der Waals surface area (Å²) in [5, 5.41) is 10.4. The van der Waals surface area contributed by atoms with Crippen LogP contribution in [0.4, 0.5) is 0 Å². The van der Waals surface area contributed by atoms with Crippen molar-refractivity contribution in [3.05, 3.63) is 29.0 Å². The van der Waals surface area contributed by atoms with E-state index in [-0.39, 0.29) is 5.91 Å². The summed E-state index contributed by atoms with van der Waals surface area (Å²) in [6, 6.07) is 7.97. The summed E-state index contributed by atoms with van der Waals surface area (Å²) < 4.78 is 7.61. The number of hydrogen-bond donors (Lipinski definition) is 2. The Labute approximate surface area is 165 Å². The number of ether oxygens (including phenoxy) is 1. The first-order chi connectivity index (χ1) is 13.2. The van der Waals surface area contributed by atoms with Gasteiger partial charge in [0.25, 0.3) is 0 Å². The standard InChI is InChI=1S/C20H28N4O2S/c1-26-17-11-9-15(10-12-17)19-22-23-20(27)24(19)14-13-18(25)21-16-7-5-3-2-4-6-8-16/h9-12,16H,2-8,13-14H2,1H3,(H,21,25)(H,23,27). The predicted molar refractivity (Wildman–Crippen MR) is 108 cm³/mol. The minimum Gasteiger partial charge on any atom is -0.497 e. The number of nitrogens with zero attached hydrogens (tertiary/aromatic N) is 2. The number of amides is 1. The Hall–Kier alpha value is -2.15. The van der Waals surface area contributed by atoms with Crippen LogP contribution < -0.4 is 10.1 Å². The molecule has 0 spiro atoms. The molecular formula is C20H28N4O2S. The summed E-state index contributed by atoms with van der Waals surface area (Å²) in [4.78, 5) is 12.4. The summed E-state index contributed by atoms with van der Waals surface area (Å²) in [7, 11) is 1.64. The van der Waals surface area contributed by atoms with Gasteiger partial charge in [0.15, 0.2) is 10.6 Å². The first kappa shape index (κ1) is 19.6. The van der Waals surface area contributed by atoms with Gasteiger partial charge < -0.3 is 10.1 Å². The zero-order valence-electron chi connectivity index (χ0n) is 15.9. The molecule has 1 aromatic heterocycles. The topological polar surface area (TPSA) is 71.9 Å². The van der Waals surface area contributed by atoms with Gasteiger partial charge in [-0.2, -0.15) is 5.10 Å². The lowest BCUT2D eigenvalue weighted by molar-refractivity contribution is -0.122. The first-order valence-corrected chi connectivity index (χ1v) is 10.2. The maximum atomic E-state index is 12.4. The van der Waals surface area contributed by atoms with Crippen molar-refractivity contribution in [3.63, 3.8) is 0 Å². The Balaban J connectivity index is 1.61. The van der Waals surface area contributed by atoms with Crippen LogP contribution in [0.2, 0.25) is 0 Å². The Kier molecular flexibility index (Phi) is 7.04. The molecule has 1 aromatic carbocycles. The molecule has 0 unspecified atom stereocenters. The van der Waals surface area contributed by atoms with Crippen molar-refractivity contribution in [2.45, 2.75) is 64.0 Å². The minimum atomic E-state index is 0.0874. The van der Waals surface area contributed by atoms with Gasteiger partial charge >= 0.3 is 0 Å². The van der Waals surface area contributed by atoms with Gasteiger partial charge in [0.1, 0.15) is 5.75 Å². The molecule has 1 amide bonds. The lowest BCUT2D eigenvalue weighted by Crippen LogP contribution is -2.35. The van der Waals surface area contributed by atoms with Crippen LogP contribution in [-0.4, -0.2) is 33.8 Å². The van der Waals surface area contributed by atoms with E-state index in [9.17, 15) is 4.79 Å². The maximum absolute atomic E-state index is 12.4. The van der Waals surface area contributed by atoms with E-state index in [4.69, 9.17) is 17.0 Å². The van der Waals surface area contributed by atoms with E-state index >= 15 is 0 Å². The van der Waals surface area contributed by atoms with Crippen LogP contribution in [0.5, 0.6) is 5.75 Å². The van der Waals surface area contributed by atoms with E-state index in [1.165, 1.54) is 32.1 Å². The second-order valence-corrected chi connectivity index (χ2v) is 7.48. The number of rotatable bonds is 6. The molecule has 3 rings (SSSR count). The van der Waals surface area contributed by atoms with Gasteiger partial charge in [-0.3, -0.25) is 14.5 Å². The lowest BCUT2D eigenvalue weighted by Gasteiger charge is -2.21. The van der Waals surface area contributed by atoms with Gasteiger partial charge in [0, 0.05) is 24.6 Å². The molecule has 1 saturated carbocycles. The van der Waals surface area contributed by atoms with Crippen LogP contribution in [0.25, 0.3) is 11.4 Å². The van der Waals surface area contributed by atoms with E-state index in [0.717, 1.165) is 30.0 Å². The van der Waals surface area contributed by atoms with E-state index in [1.807, 2.05) is 28.8 Å². The molecule has 2 aromatic rings. The zero-order valence-corrected chi connectivity index (χ0v) is 16.7. The molecule has 1 heterocycles. The number of carbonyl (C=O) groups is 1. The van der Waals surface area contributed by atoms with Gasteiger partial charge in [-0.05, 0) is 49.3 Å². The molecule has 0 bridgehead atoms. The Morgan fingerprint density at radius 2 is 1.89 bits per heavy atom. The average Bonchev–Trinajstić information content (AvgIpc) is 3.03. The second kappa shape index (κ2) is 9.69. The summed E-state index contributed by atoms with van der Waals surface area (Å²) in [6.07, 6.45) is 8.88. The third-order valence-electron chi connectivity index (χ3n) is 5.14. The highest BCUT2D eigenvalue weighted by atomic mass is 32.1. The number of nitrogens with one attached hydrogen (secondary N) is 2. The summed E-state index contributed by atoms with van der Waals surface area (Å²) >= 11 is 5.36. The fraction of sp³-hybridized carbons (Fsp3) is 0.550. The summed E-state index contributed by atoms with van der Waals surface area (Å²) in [6.45, 7) is 0.509. The monoisotopic (exact) mass is 388 g/mol. The average molecular weight is 389 g/mol. The fourth-order valence-corrected chi connectivity index (χ4v) is 3.82. The number of aromatic nitrogens is 3. The van der Waals surface area contributed by atoms with Crippen LogP contribution in [-0.2, 0) is 11.3 Å². The third-order valence-corrected chi connectivity index (χ3v) is 5.45. The van der Waals surface area contributed by atoms with Crippen molar-refractivity contribution < 1.29 is 9.53 Å². The quantitative estimate of drug-likeness (QED) is 0.726. The Morgan fingerprint density at radius 3 is 2.56 bits per heavy atom. The SMILES string of the molecule is COc1ccc(-c2n[nH]c(=S)n2CCC(=O)NC2CCCCCCC2)cc1. The van der Waals surface area contributed by atoms with Crippen molar-refractivity contribution in [1.82, 2.24) is 20.1 Å². The fourth-order valence-electron chi connectivity index (χ4n) is 3.60. The highest BCUT2D eigenvalue weighted by molar-refractivity contribution is 7.71. The molecule has 146 valence electrons. The smallest absolute Gasteiger partial charge is 0.222 e. The van der Waals surface area contributed by atoms with Crippen LogP contribution in [0.3, 0.4) is 0 Å². The second-order valence-electron chi connectivity index (χ2n) is 7.09. The highest BCUT2D eigenvalue weighted by Crippen LogP contribution is 2.21. The molecule has 1 fully saturated rings. The minimum absolute atomic E-state index is 0.0874. The van der Waals surface area contributed by atoms with Crippen molar-refractivity contribution in [2.75, 3.05) is 7.11 Å². The number of benzene rings is 1. The molecule has 1 aliphatic carbocycles. The van der Waals surface area contributed by atoms with Crippen molar-refractivity contribution in [3.8, 4) is 17.1 Å². The maximum Gasteiger partial charge on any atom is 0.222 e. The van der Waals surface area contributed by atoms with Crippen LogP contribution in [0.1, 0.15) is 51.4 Å². The summed E-state index contributed by atoms with van der Waals surface area (Å²) in [5.41, 5.74) is 0.934. The molecule has 0 radical (unpaired) electrons. The predicted octanol–water partition coefficient (Wildman–Crippen LogP) is 4.24. The van der Waals surface area contributed by atoms with Crippen LogP contribution in [0, 0.1) is 4.77 Å². The first-order valence-electron chi connectivity index (χ1n) is 9.76. The number of carbonyl (C=O) groups excluding carboxylic acids is 1. The molecule has 6 nitrogen and oxygen atoms in total. The van der Waals surface area contributed by atoms with E-state index in [1.54, 1.807) is 7.11 Å². The number of hydrogen-bond acceptors (Lipinski definition) is 4. The number of aromatic amines is 1. The molecule has 2 N–H and O–H groups in total. The van der Waals surface area contributed by atoms with Gasteiger partial charge in [0.2, 0.25) is 5.91 Å². The summed E-state index contributed by atoms with van der Waals surface area (Å²) in [5.74, 6) is 1.61. The molecular weight excluding hydrogens is 360 g/mol. The highest BCUT2D eigenvalue weighted by Gasteiger charge is 2.15. The van der Waals surface area contributed by atoms with Gasteiger partial charge in [-0.15, -0.1) is 0 Å². The molecule has 27 heavy (non-hydrogen) atoms. The Bertz CT molecular complexity index is 789. The molecule has 0 aliphatic heterocycles. The van der Waals surface area contributed by atoms with Crippen LogP contribution >= 0.6 is 12.2 Å². The van der Waals surface area contributed by atoms with E-state index in [2.05, 4.69) is 15.5 Å². The number of H-pyrrole nitrogens is 1. The molecule has 7 heteroatoms. The molecule has 0 saturated heterocycles. The Morgan fingerprint density at radius 1 is 1.22 bits per heavy atom. The van der Waals surface area contributed by atoms with Crippen molar-refractivity contribution in [2.24, 2.45) is 0 Å². The molecule has 0 atom stereocenters. The third kappa shape index (κ3) is 5.42. The molecule has 1 aliphatic rings.